The van der Waals surface area contributed by atoms with Crippen LogP contribution in [-0.4, -0.2) is 21.0 Å². The number of rotatable bonds is 7. The first-order valence-corrected chi connectivity index (χ1v) is 9.28. The average Bonchev–Trinajstić information content (AvgIpc) is 3.00. The Bertz CT molecular complexity index is 490. The summed E-state index contributed by atoms with van der Waals surface area (Å²) >= 11 is 1.50. The number of hydrogen-bond donors (Lipinski definition) is 2. The highest BCUT2D eigenvalue weighted by Crippen LogP contribution is 2.23. The zero-order valence-corrected chi connectivity index (χ0v) is 12.9. The zero-order valence-electron chi connectivity index (χ0n) is 11.3. The Hall–Kier alpha value is -0.430. The second-order valence-corrected chi connectivity index (χ2v) is 7.74. The molecule has 1 aromatic heterocycles. The zero-order chi connectivity index (χ0) is 13.7. The van der Waals surface area contributed by atoms with E-state index in [1.807, 2.05) is 0 Å². The van der Waals surface area contributed by atoms with E-state index in [1.165, 1.54) is 11.3 Å². The summed E-state index contributed by atoms with van der Waals surface area (Å²) < 4.78 is 27.2. The van der Waals surface area contributed by atoms with Crippen LogP contribution in [0, 0.1) is 0 Å². The van der Waals surface area contributed by atoms with Crippen molar-refractivity contribution >= 4 is 21.4 Å². The molecule has 0 amide bonds. The third-order valence-electron chi connectivity index (χ3n) is 3.34. The van der Waals surface area contributed by atoms with Gasteiger partial charge in [-0.3, -0.25) is 0 Å². The minimum Gasteiger partial charge on any atom is -0.312 e. The van der Waals surface area contributed by atoms with Gasteiger partial charge in [-0.05, 0) is 31.9 Å². The van der Waals surface area contributed by atoms with Gasteiger partial charge in [0.25, 0.3) is 0 Å². The van der Waals surface area contributed by atoms with Crippen molar-refractivity contribution in [2.24, 2.45) is 0 Å². The largest absolute Gasteiger partial charge is 0.312 e. The smallest absolute Gasteiger partial charge is 0.241 e. The van der Waals surface area contributed by atoms with Crippen LogP contribution in [0.4, 0.5) is 0 Å². The molecule has 0 bridgehead atoms. The molecule has 1 heterocycles. The molecule has 2 rings (SSSR count). The van der Waals surface area contributed by atoms with Gasteiger partial charge in [0.05, 0.1) is 4.90 Å². The molecule has 0 atom stereocenters. The van der Waals surface area contributed by atoms with Crippen molar-refractivity contribution in [3.05, 3.63) is 16.3 Å². The van der Waals surface area contributed by atoms with Gasteiger partial charge in [-0.1, -0.05) is 19.8 Å². The normalized spacial score (nSPS) is 17.1. The van der Waals surface area contributed by atoms with E-state index in [0.29, 0.717) is 4.90 Å². The van der Waals surface area contributed by atoms with Crippen LogP contribution in [0.15, 0.2) is 16.3 Å². The van der Waals surface area contributed by atoms with Gasteiger partial charge in [-0.25, -0.2) is 13.1 Å². The molecule has 1 aromatic rings. The van der Waals surface area contributed by atoms with Crippen molar-refractivity contribution < 1.29 is 8.42 Å². The minimum absolute atomic E-state index is 0.131. The maximum absolute atomic E-state index is 12.2. The Morgan fingerprint density at radius 3 is 2.79 bits per heavy atom. The van der Waals surface area contributed by atoms with Crippen LogP contribution in [0.2, 0.25) is 0 Å². The Morgan fingerprint density at radius 2 is 2.11 bits per heavy atom. The predicted octanol–water partition coefficient (Wildman–Crippen LogP) is 2.47. The highest BCUT2D eigenvalue weighted by molar-refractivity contribution is 7.89. The summed E-state index contributed by atoms with van der Waals surface area (Å²) in [5.41, 5.74) is 0. The van der Waals surface area contributed by atoms with E-state index in [2.05, 4.69) is 17.0 Å². The molecule has 6 heteroatoms. The minimum atomic E-state index is -3.32. The Labute approximate surface area is 119 Å². The van der Waals surface area contributed by atoms with Gasteiger partial charge in [-0.15, -0.1) is 11.3 Å². The Balaban J connectivity index is 1.95. The molecule has 4 nitrogen and oxygen atoms in total. The molecule has 1 aliphatic carbocycles. The molecule has 1 fully saturated rings. The molecule has 0 aliphatic heterocycles. The van der Waals surface area contributed by atoms with Crippen molar-refractivity contribution in [2.45, 2.75) is 56.5 Å². The van der Waals surface area contributed by atoms with Crippen LogP contribution in [0.5, 0.6) is 0 Å². The van der Waals surface area contributed by atoms with Crippen molar-refractivity contribution in [3.63, 3.8) is 0 Å². The molecule has 1 saturated carbocycles. The van der Waals surface area contributed by atoms with E-state index >= 15 is 0 Å². The second-order valence-electron chi connectivity index (χ2n) is 5.03. The first-order chi connectivity index (χ1) is 9.12. The van der Waals surface area contributed by atoms with Crippen LogP contribution in [0.3, 0.4) is 0 Å². The third kappa shape index (κ3) is 4.27. The first-order valence-electron chi connectivity index (χ1n) is 6.92. The molecule has 108 valence electrons. The van der Waals surface area contributed by atoms with Crippen molar-refractivity contribution in [1.82, 2.24) is 10.0 Å². The maximum atomic E-state index is 12.2. The van der Waals surface area contributed by atoms with E-state index < -0.39 is 10.0 Å². The van der Waals surface area contributed by atoms with Gasteiger partial charge in [0.1, 0.15) is 0 Å². The number of thiophene rings is 1. The molecule has 0 unspecified atom stereocenters. The summed E-state index contributed by atoms with van der Waals surface area (Å²) in [6, 6.07) is 1.91. The third-order valence-corrected chi connectivity index (χ3v) is 5.93. The highest BCUT2D eigenvalue weighted by atomic mass is 32.2. The van der Waals surface area contributed by atoms with Crippen LogP contribution in [0.25, 0.3) is 0 Å². The van der Waals surface area contributed by atoms with Crippen molar-refractivity contribution in [3.8, 4) is 0 Å². The Morgan fingerprint density at radius 1 is 1.37 bits per heavy atom. The van der Waals surface area contributed by atoms with E-state index in [0.717, 1.165) is 50.1 Å². The topological polar surface area (TPSA) is 58.2 Å². The lowest BCUT2D eigenvalue weighted by molar-refractivity contribution is 0.552. The summed E-state index contributed by atoms with van der Waals surface area (Å²) in [6.07, 6.45) is 5.27. The summed E-state index contributed by atoms with van der Waals surface area (Å²) in [6.45, 7) is 3.82. The van der Waals surface area contributed by atoms with Gasteiger partial charge in [0.2, 0.25) is 10.0 Å². The quantitative estimate of drug-likeness (QED) is 0.761. The second kappa shape index (κ2) is 6.83. The van der Waals surface area contributed by atoms with Crippen molar-refractivity contribution in [1.29, 1.82) is 0 Å². The van der Waals surface area contributed by atoms with E-state index in [9.17, 15) is 8.42 Å². The van der Waals surface area contributed by atoms with Crippen LogP contribution < -0.4 is 10.0 Å². The number of hydrogen-bond acceptors (Lipinski definition) is 4. The van der Waals surface area contributed by atoms with E-state index in [1.54, 1.807) is 11.4 Å². The lowest BCUT2D eigenvalue weighted by Gasteiger charge is -2.11. The highest BCUT2D eigenvalue weighted by Gasteiger charge is 2.23. The molecule has 0 radical (unpaired) electrons. The van der Waals surface area contributed by atoms with Gasteiger partial charge in [0.15, 0.2) is 0 Å². The molecule has 0 spiro atoms. The van der Waals surface area contributed by atoms with E-state index in [4.69, 9.17) is 0 Å². The molecular weight excluding hydrogens is 280 g/mol. The maximum Gasteiger partial charge on any atom is 0.241 e. The molecule has 1 aliphatic rings. The molecule has 0 aromatic carbocycles. The number of sulfonamides is 1. The summed E-state index contributed by atoms with van der Waals surface area (Å²) in [5, 5.41) is 5.02. The van der Waals surface area contributed by atoms with Crippen LogP contribution in [0.1, 0.15) is 43.9 Å². The van der Waals surface area contributed by atoms with Gasteiger partial charge < -0.3 is 5.32 Å². The summed E-state index contributed by atoms with van der Waals surface area (Å²) in [7, 11) is -3.32. The fraction of sp³-hybridized carbons (Fsp3) is 0.692. The monoisotopic (exact) mass is 302 g/mol. The first kappa shape index (κ1) is 15.0. The fourth-order valence-corrected chi connectivity index (χ4v) is 4.86. The molecule has 2 N–H and O–H groups in total. The van der Waals surface area contributed by atoms with Crippen LogP contribution in [-0.2, 0) is 16.6 Å². The molecule has 19 heavy (non-hydrogen) atoms. The fourth-order valence-electron chi connectivity index (χ4n) is 2.31. The lowest BCUT2D eigenvalue weighted by atomic mass is 10.3. The summed E-state index contributed by atoms with van der Waals surface area (Å²) in [5.74, 6) is 0. The summed E-state index contributed by atoms with van der Waals surface area (Å²) in [4.78, 5) is 1.48. The lowest BCUT2D eigenvalue weighted by Crippen LogP contribution is -2.32. The van der Waals surface area contributed by atoms with Gasteiger partial charge >= 0.3 is 0 Å². The Kier molecular flexibility index (Phi) is 5.38. The SMILES string of the molecule is CCCNCc1cc(S(=O)(=O)NC2CCCC2)cs1. The van der Waals surface area contributed by atoms with Crippen LogP contribution >= 0.6 is 11.3 Å². The van der Waals surface area contributed by atoms with Gasteiger partial charge in [0, 0.05) is 22.8 Å². The van der Waals surface area contributed by atoms with Gasteiger partial charge in [-0.2, -0.15) is 0 Å². The van der Waals surface area contributed by atoms with E-state index in [-0.39, 0.29) is 6.04 Å². The predicted molar refractivity (Wildman–Crippen MR) is 78.9 cm³/mol. The average molecular weight is 302 g/mol. The number of nitrogens with one attached hydrogen (secondary N) is 2. The molecule has 0 saturated heterocycles. The standard InChI is InChI=1S/C13H22N2O2S2/c1-2-7-14-9-12-8-13(10-18-12)19(16,17)15-11-5-3-4-6-11/h8,10-11,14-15H,2-7,9H2,1H3. The molecular formula is C13H22N2O2S2. The van der Waals surface area contributed by atoms with Crippen molar-refractivity contribution in [2.75, 3.05) is 6.54 Å².